The highest BCUT2D eigenvalue weighted by atomic mass is 35.5. The number of anilines is 1. The van der Waals surface area contributed by atoms with E-state index in [1.54, 1.807) is 48.5 Å². The Bertz CT molecular complexity index is 929. The molecule has 150 valence electrons. The molecule has 0 bridgehead atoms. The average molecular weight is 424 g/mol. The van der Waals surface area contributed by atoms with E-state index in [1.165, 1.54) is 13.1 Å². The number of sulfonamides is 1. The lowest BCUT2D eigenvalue weighted by Crippen LogP contribution is -2.46. The van der Waals surface area contributed by atoms with Crippen molar-refractivity contribution in [2.24, 2.45) is 5.10 Å². The SMILES string of the molecule is CCOc1ccc(N([C@@H](C)C(=O)N/N=C\c2ccc(Cl)cc2)S(C)(=O)=O)cc1. The van der Waals surface area contributed by atoms with Crippen LogP contribution in [0.15, 0.2) is 53.6 Å². The highest BCUT2D eigenvalue weighted by Gasteiger charge is 2.29. The van der Waals surface area contributed by atoms with Crippen molar-refractivity contribution in [3.05, 3.63) is 59.1 Å². The van der Waals surface area contributed by atoms with Crippen LogP contribution < -0.4 is 14.5 Å². The van der Waals surface area contributed by atoms with Crippen molar-refractivity contribution in [3.63, 3.8) is 0 Å². The summed E-state index contributed by atoms with van der Waals surface area (Å²) in [6.45, 7) is 3.85. The number of benzene rings is 2. The number of halogens is 1. The number of nitrogens with zero attached hydrogens (tertiary/aromatic N) is 2. The number of rotatable bonds is 8. The number of ether oxygens (including phenoxy) is 1. The van der Waals surface area contributed by atoms with Crippen molar-refractivity contribution >= 4 is 39.4 Å². The molecule has 1 atom stereocenters. The number of hydrogen-bond acceptors (Lipinski definition) is 5. The largest absolute Gasteiger partial charge is 0.494 e. The molecule has 7 nitrogen and oxygen atoms in total. The molecule has 2 aromatic rings. The van der Waals surface area contributed by atoms with Gasteiger partial charge in [0.1, 0.15) is 11.8 Å². The third-order valence-corrected chi connectivity index (χ3v) is 5.24. The molecule has 0 spiro atoms. The van der Waals surface area contributed by atoms with E-state index in [9.17, 15) is 13.2 Å². The van der Waals surface area contributed by atoms with E-state index >= 15 is 0 Å². The zero-order valence-corrected chi connectivity index (χ0v) is 17.4. The van der Waals surface area contributed by atoms with Gasteiger partial charge in [-0.2, -0.15) is 5.10 Å². The van der Waals surface area contributed by atoms with Crippen LogP contribution in [-0.4, -0.2) is 39.4 Å². The predicted molar refractivity (Wildman–Crippen MR) is 112 cm³/mol. The molecule has 1 amide bonds. The van der Waals surface area contributed by atoms with Crippen molar-refractivity contribution < 1.29 is 17.9 Å². The van der Waals surface area contributed by atoms with E-state index in [4.69, 9.17) is 16.3 Å². The minimum atomic E-state index is -3.70. The molecule has 0 unspecified atom stereocenters. The van der Waals surface area contributed by atoms with Gasteiger partial charge in [0.15, 0.2) is 0 Å². The zero-order chi connectivity index (χ0) is 20.7. The average Bonchev–Trinajstić information content (AvgIpc) is 2.64. The Morgan fingerprint density at radius 1 is 1.21 bits per heavy atom. The Hall–Kier alpha value is -2.58. The van der Waals surface area contributed by atoms with Crippen molar-refractivity contribution in [1.82, 2.24) is 5.43 Å². The second kappa shape index (κ2) is 9.57. The van der Waals surface area contributed by atoms with Gasteiger partial charge in [-0.15, -0.1) is 0 Å². The molecule has 2 aromatic carbocycles. The first kappa shape index (κ1) is 21.7. The molecule has 0 aliphatic rings. The van der Waals surface area contributed by atoms with Crippen LogP contribution in [0.5, 0.6) is 5.75 Å². The monoisotopic (exact) mass is 423 g/mol. The van der Waals surface area contributed by atoms with Gasteiger partial charge in [0.2, 0.25) is 10.0 Å². The first-order chi connectivity index (χ1) is 13.2. The van der Waals surface area contributed by atoms with Crippen LogP contribution in [-0.2, 0) is 14.8 Å². The van der Waals surface area contributed by atoms with Crippen LogP contribution in [0.4, 0.5) is 5.69 Å². The summed E-state index contributed by atoms with van der Waals surface area (Å²) in [6, 6.07) is 12.4. The highest BCUT2D eigenvalue weighted by Crippen LogP contribution is 2.24. The highest BCUT2D eigenvalue weighted by molar-refractivity contribution is 7.92. The summed E-state index contributed by atoms with van der Waals surface area (Å²) in [5.41, 5.74) is 3.46. The van der Waals surface area contributed by atoms with Crippen LogP contribution in [0.25, 0.3) is 0 Å². The van der Waals surface area contributed by atoms with Gasteiger partial charge in [-0.25, -0.2) is 13.8 Å². The Labute approximate surface area is 170 Å². The van der Waals surface area contributed by atoms with Gasteiger partial charge in [0, 0.05) is 5.02 Å². The zero-order valence-electron chi connectivity index (χ0n) is 15.8. The van der Waals surface area contributed by atoms with Gasteiger partial charge in [0.05, 0.1) is 24.8 Å². The third-order valence-electron chi connectivity index (χ3n) is 3.75. The van der Waals surface area contributed by atoms with E-state index in [-0.39, 0.29) is 0 Å². The molecule has 2 rings (SSSR count). The third kappa shape index (κ3) is 5.97. The second-order valence-corrected chi connectivity index (χ2v) is 8.24. The Morgan fingerprint density at radius 3 is 2.36 bits per heavy atom. The molecule has 28 heavy (non-hydrogen) atoms. The summed E-state index contributed by atoms with van der Waals surface area (Å²) in [5.74, 6) is 0.0499. The van der Waals surface area contributed by atoms with Gasteiger partial charge < -0.3 is 4.74 Å². The minimum absolute atomic E-state index is 0.357. The molecule has 0 aliphatic carbocycles. The maximum atomic E-state index is 12.4. The van der Waals surface area contributed by atoms with E-state index in [2.05, 4.69) is 10.5 Å². The quantitative estimate of drug-likeness (QED) is 0.522. The molecule has 0 aliphatic heterocycles. The molecule has 0 heterocycles. The number of nitrogens with one attached hydrogen (secondary N) is 1. The van der Waals surface area contributed by atoms with E-state index in [0.29, 0.717) is 23.1 Å². The fraction of sp³-hybridized carbons (Fsp3) is 0.263. The van der Waals surface area contributed by atoms with Crippen LogP contribution in [0, 0.1) is 0 Å². The van der Waals surface area contributed by atoms with E-state index in [1.807, 2.05) is 6.92 Å². The van der Waals surface area contributed by atoms with Gasteiger partial charge in [-0.1, -0.05) is 23.7 Å². The van der Waals surface area contributed by atoms with E-state index < -0.39 is 22.0 Å². The van der Waals surface area contributed by atoms with Crippen LogP contribution in [0.1, 0.15) is 19.4 Å². The molecular formula is C19H22ClN3O4S. The maximum Gasteiger partial charge on any atom is 0.263 e. The molecular weight excluding hydrogens is 402 g/mol. The summed E-state index contributed by atoms with van der Waals surface area (Å²) < 4.78 is 31.0. The molecule has 9 heteroatoms. The molecule has 0 saturated carbocycles. The molecule has 0 fully saturated rings. The fourth-order valence-electron chi connectivity index (χ4n) is 2.48. The first-order valence-corrected chi connectivity index (χ1v) is 10.8. The topological polar surface area (TPSA) is 88.1 Å². The van der Waals surface area contributed by atoms with Gasteiger partial charge >= 0.3 is 0 Å². The number of amides is 1. The summed E-state index contributed by atoms with van der Waals surface area (Å²) in [4.78, 5) is 12.4. The summed E-state index contributed by atoms with van der Waals surface area (Å²) in [7, 11) is -3.70. The van der Waals surface area contributed by atoms with Crippen LogP contribution >= 0.6 is 11.6 Å². The molecule has 0 radical (unpaired) electrons. The molecule has 0 saturated heterocycles. The standard InChI is InChI=1S/C19H22ClN3O4S/c1-4-27-18-11-9-17(10-12-18)23(28(3,25)26)14(2)19(24)22-21-13-15-5-7-16(20)8-6-15/h5-14H,4H2,1-3H3,(H,22,24)/b21-13-/t14-/m0/s1. The van der Waals surface area contributed by atoms with Crippen molar-refractivity contribution in [2.45, 2.75) is 19.9 Å². The maximum absolute atomic E-state index is 12.4. The van der Waals surface area contributed by atoms with Gasteiger partial charge in [-0.3, -0.25) is 9.10 Å². The van der Waals surface area contributed by atoms with Crippen molar-refractivity contribution in [1.29, 1.82) is 0 Å². The Kier molecular flexibility index (Phi) is 7.42. The number of carbonyl (C=O) groups is 1. The lowest BCUT2D eigenvalue weighted by molar-refractivity contribution is -0.121. The first-order valence-electron chi connectivity index (χ1n) is 8.53. The molecule has 0 aromatic heterocycles. The number of hydrazone groups is 1. The smallest absolute Gasteiger partial charge is 0.263 e. The lowest BCUT2D eigenvalue weighted by atomic mass is 10.2. The predicted octanol–water partition coefficient (Wildman–Crippen LogP) is 3.04. The summed E-state index contributed by atoms with van der Waals surface area (Å²) in [6.07, 6.45) is 2.49. The summed E-state index contributed by atoms with van der Waals surface area (Å²) >= 11 is 5.82. The Morgan fingerprint density at radius 2 is 1.82 bits per heavy atom. The van der Waals surface area contributed by atoms with Crippen LogP contribution in [0.2, 0.25) is 5.02 Å². The van der Waals surface area contributed by atoms with Gasteiger partial charge in [-0.05, 0) is 55.8 Å². The lowest BCUT2D eigenvalue weighted by Gasteiger charge is -2.27. The van der Waals surface area contributed by atoms with Crippen LogP contribution in [0.3, 0.4) is 0 Å². The minimum Gasteiger partial charge on any atom is -0.494 e. The van der Waals surface area contributed by atoms with E-state index in [0.717, 1.165) is 16.1 Å². The van der Waals surface area contributed by atoms with Crippen molar-refractivity contribution in [2.75, 3.05) is 17.2 Å². The number of carbonyl (C=O) groups excluding carboxylic acids is 1. The Balaban J connectivity index is 2.14. The summed E-state index contributed by atoms with van der Waals surface area (Å²) in [5, 5.41) is 4.47. The second-order valence-electron chi connectivity index (χ2n) is 5.95. The van der Waals surface area contributed by atoms with Gasteiger partial charge in [0.25, 0.3) is 5.91 Å². The molecule has 1 N–H and O–H groups in total. The fourth-order valence-corrected chi connectivity index (χ4v) is 3.78. The normalized spacial score (nSPS) is 12.6. The van der Waals surface area contributed by atoms with Crippen molar-refractivity contribution in [3.8, 4) is 5.75 Å². The number of hydrogen-bond donors (Lipinski definition) is 1.